The minimum Gasteiger partial charge on any atom is -0.339 e. The molecule has 0 aliphatic carbocycles. The average molecular weight is 245 g/mol. The number of rotatable bonds is 3. The molecule has 0 atom stereocenters. The Balaban J connectivity index is 1.85. The Bertz CT molecular complexity index is 451. The summed E-state index contributed by atoms with van der Waals surface area (Å²) in [5.41, 5.74) is 0. The number of aromatic nitrogens is 1. The molecule has 1 N–H and O–H groups in total. The predicted octanol–water partition coefficient (Wildman–Crippen LogP) is 1.20. The van der Waals surface area contributed by atoms with Crippen molar-refractivity contribution < 1.29 is 9.59 Å². The van der Waals surface area contributed by atoms with Gasteiger partial charge in [-0.25, -0.2) is 4.98 Å². The molecule has 0 saturated carbocycles. The number of hydrogen-bond donors (Lipinski definition) is 1. The number of pyridine rings is 1. The zero-order valence-electron chi connectivity index (χ0n) is 10.0. The molecule has 1 fully saturated rings. The molecule has 2 rings (SSSR count). The fourth-order valence-electron chi connectivity index (χ4n) is 1.79. The first-order valence-electron chi connectivity index (χ1n) is 5.95. The summed E-state index contributed by atoms with van der Waals surface area (Å²) in [4.78, 5) is 28.9. The molecule has 2 heterocycles. The van der Waals surface area contributed by atoms with Crippen LogP contribution in [0.25, 0.3) is 0 Å². The molecule has 94 valence electrons. The van der Waals surface area contributed by atoms with E-state index in [1.807, 2.05) is 0 Å². The van der Waals surface area contributed by atoms with Crippen molar-refractivity contribution >= 4 is 17.6 Å². The van der Waals surface area contributed by atoms with Gasteiger partial charge in [0.25, 0.3) is 0 Å². The number of carbonyl (C=O) groups is 2. The van der Waals surface area contributed by atoms with Crippen LogP contribution in [0.1, 0.15) is 12.8 Å². The molecule has 1 aliphatic heterocycles. The maximum Gasteiger partial charge on any atom is 0.249 e. The zero-order chi connectivity index (χ0) is 12.8. The standard InChI is InChI=1S/C13H15N3O2/c17-12(15-11-5-1-2-8-14-11)6-7-13(18)16-9-3-4-10-16/h1-2,5-8H,3-4,9-10H2,(H,14,15,17)/b7-6+. The Hall–Kier alpha value is -2.17. The van der Waals surface area contributed by atoms with Crippen LogP contribution in [0.4, 0.5) is 5.82 Å². The monoisotopic (exact) mass is 245 g/mol. The second kappa shape index (κ2) is 5.95. The van der Waals surface area contributed by atoms with Crippen molar-refractivity contribution in [2.45, 2.75) is 12.8 Å². The molecule has 0 radical (unpaired) electrons. The summed E-state index contributed by atoms with van der Waals surface area (Å²) >= 11 is 0. The normalized spacial score (nSPS) is 15.0. The van der Waals surface area contributed by atoms with E-state index in [0.717, 1.165) is 25.9 Å². The Labute approximate surface area is 106 Å². The van der Waals surface area contributed by atoms with Crippen LogP contribution in [0.5, 0.6) is 0 Å². The van der Waals surface area contributed by atoms with Crippen LogP contribution >= 0.6 is 0 Å². The Morgan fingerprint density at radius 2 is 2.00 bits per heavy atom. The van der Waals surface area contributed by atoms with E-state index in [0.29, 0.717) is 5.82 Å². The molecule has 18 heavy (non-hydrogen) atoms. The van der Waals surface area contributed by atoms with E-state index in [1.54, 1.807) is 29.3 Å². The van der Waals surface area contributed by atoms with Gasteiger partial charge >= 0.3 is 0 Å². The molecular weight excluding hydrogens is 230 g/mol. The van der Waals surface area contributed by atoms with Crippen LogP contribution in [0, 0.1) is 0 Å². The fourth-order valence-corrected chi connectivity index (χ4v) is 1.79. The first-order chi connectivity index (χ1) is 8.75. The average Bonchev–Trinajstić information content (AvgIpc) is 2.91. The van der Waals surface area contributed by atoms with Gasteiger partial charge in [-0.05, 0) is 25.0 Å². The summed E-state index contributed by atoms with van der Waals surface area (Å²) < 4.78 is 0. The predicted molar refractivity (Wildman–Crippen MR) is 67.8 cm³/mol. The van der Waals surface area contributed by atoms with Crippen LogP contribution in [0.3, 0.4) is 0 Å². The van der Waals surface area contributed by atoms with Gasteiger partial charge in [0.2, 0.25) is 11.8 Å². The number of nitrogens with one attached hydrogen (secondary N) is 1. The van der Waals surface area contributed by atoms with Gasteiger partial charge in [0, 0.05) is 31.4 Å². The van der Waals surface area contributed by atoms with Crippen molar-refractivity contribution in [1.82, 2.24) is 9.88 Å². The van der Waals surface area contributed by atoms with Crippen LogP contribution in [-0.2, 0) is 9.59 Å². The number of anilines is 1. The molecule has 0 unspecified atom stereocenters. The fraction of sp³-hybridized carbons (Fsp3) is 0.308. The van der Waals surface area contributed by atoms with Crippen molar-refractivity contribution in [3.05, 3.63) is 36.5 Å². The van der Waals surface area contributed by atoms with E-state index in [-0.39, 0.29) is 11.8 Å². The third-order valence-corrected chi connectivity index (χ3v) is 2.71. The number of hydrogen-bond acceptors (Lipinski definition) is 3. The van der Waals surface area contributed by atoms with Crippen LogP contribution in [0.15, 0.2) is 36.5 Å². The minimum absolute atomic E-state index is 0.108. The molecule has 0 spiro atoms. The van der Waals surface area contributed by atoms with Crippen molar-refractivity contribution in [2.75, 3.05) is 18.4 Å². The van der Waals surface area contributed by atoms with E-state index >= 15 is 0 Å². The quantitative estimate of drug-likeness (QED) is 0.814. The second-order valence-corrected chi connectivity index (χ2v) is 4.07. The molecule has 5 nitrogen and oxygen atoms in total. The maximum atomic E-state index is 11.6. The van der Waals surface area contributed by atoms with Gasteiger partial charge < -0.3 is 10.2 Å². The molecule has 2 amide bonds. The van der Waals surface area contributed by atoms with Crippen LogP contribution < -0.4 is 5.32 Å². The number of likely N-dealkylation sites (tertiary alicyclic amines) is 1. The largest absolute Gasteiger partial charge is 0.339 e. The minimum atomic E-state index is -0.346. The van der Waals surface area contributed by atoms with E-state index in [1.165, 1.54) is 12.2 Å². The molecule has 1 aromatic heterocycles. The van der Waals surface area contributed by atoms with Crippen molar-refractivity contribution in [3.63, 3.8) is 0 Å². The van der Waals surface area contributed by atoms with Gasteiger partial charge in [-0.15, -0.1) is 0 Å². The highest BCUT2D eigenvalue weighted by Crippen LogP contribution is 2.07. The highest BCUT2D eigenvalue weighted by Gasteiger charge is 2.15. The Morgan fingerprint density at radius 3 is 2.67 bits per heavy atom. The highest BCUT2D eigenvalue weighted by atomic mass is 16.2. The Morgan fingerprint density at radius 1 is 1.22 bits per heavy atom. The third kappa shape index (κ3) is 3.41. The topological polar surface area (TPSA) is 62.3 Å². The van der Waals surface area contributed by atoms with Gasteiger partial charge in [-0.1, -0.05) is 6.07 Å². The zero-order valence-corrected chi connectivity index (χ0v) is 10.0. The molecule has 1 aromatic rings. The molecule has 1 saturated heterocycles. The van der Waals surface area contributed by atoms with Crippen LogP contribution in [-0.4, -0.2) is 34.8 Å². The van der Waals surface area contributed by atoms with Crippen molar-refractivity contribution in [3.8, 4) is 0 Å². The van der Waals surface area contributed by atoms with Gasteiger partial charge in [0.1, 0.15) is 5.82 Å². The lowest BCUT2D eigenvalue weighted by Crippen LogP contribution is -2.26. The lowest BCUT2D eigenvalue weighted by molar-refractivity contribution is -0.125. The van der Waals surface area contributed by atoms with Gasteiger partial charge in [0.15, 0.2) is 0 Å². The smallest absolute Gasteiger partial charge is 0.249 e. The van der Waals surface area contributed by atoms with E-state index in [2.05, 4.69) is 10.3 Å². The molecule has 0 bridgehead atoms. The highest BCUT2D eigenvalue weighted by molar-refractivity contribution is 6.03. The molecular formula is C13H15N3O2. The van der Waals surface area contributed by atoms with E-state index in [4.69, 9.17) is 0 Å². The van der Waals surface area contributed by atoms with Crippen LogP contribution in [0.2, 0.25) is 0 Å². The Kier molecular flexibility index (Phi) is 4.06. The second-order valence-electron chi connectivity index (χ2n) is 4.07. The molecule has 5 heteroatoms. The summed E-state index contributed by atoms with van der Waals surface area (Å²) in [5, 5.41) is 2.58. The summed E-state index contributed by atoms with van der Waals surface area (Å²) in [6.45, 7) is 1.57. The summed E-state index contributed by atoms with van der Waals surface area (Å²) in [7, 11) is 0. The number of nitrogens with zero attached hydrogens (tertiary/aromatic N) is 2. The van der Waals surface area contributed by atoms with Gasteiger partial charge in [-0.3, -0.25) is 9.59 Å². The van der Waals surface area contributed by atoms with Gasteiger partial charge in [-0.2, -0.15) is 0 Å². The third-order valence-electron chi connectivity index (χ3n) is 2.71. The summed E-state index contributed by atoms with van der Waals surface area (Å²) in [6, 6.07) is 5.23. The summed E-state index contributed by atoms with van der Waals surface area (Å²) in [6.07, 6.45) is 6.23. The number of carbonyl (C=O) groups excluding carboxylic acids is 2. The first-order valence-corrected chi connectivity index (χ1v) is 5.95. The first kappa shape index (κ1) is 12.3. The van der Waals surface area contributed by atoms with E-state index < -0.39 is 0 Å². The number of amides is 2. The lowest BCUT2D eigenvalue weighted by atomic mass is 10.4. The lowest BCUT2D eigenvalue weighted by Gasteiger charge is -2.11. The summed E-state index contributed by atoms with van der Waals surface area (Å²) in [5.74, 6) is 0.0192. The molecule has 0 aromatic carbocycles. The maximum absolute atomic E-state index is 11.6. The van der Waals surface area contributed by atoms with Crippen molar-refractivity contribution in [2.24, 2.45) is 0 Å². The van der Waals surface area contributed by atoms with Crippen molar-refractivity contribution in [1.29, 1.82) is 0 Å². The molecule has 1 aliphatic rings. The van der Waals surface area contributed by atoms with E-state index in [9.17, 15) is 9.59 Å². The SMILES string of the molecule is O=C(/C=C/C(=O)N1CCCC1)Nc1ccccn1. The van der Waals surface area contributed by atoms with Gasteiger partial charge in [0.05, 0.1) is 0 Å².